The quantitative estimate of drug-likeness (QED) is 0.739. The summed E-state index contributed by atoms with van der Waals surface area (Å²) in [5.74, 6) is 0.0498. The number of halogens is 1. The summed E-state index contributed by atoms with van der Waals surface area (Å²) >= 11 is 0. The summed E-state index contributed by atoms with van der Waals surface area (Å²) in [6, 6.07) is 7.52. The number of hydrogen-bond acceptors (Lipinski definition) is 4. The number of nitrogens with zero attached hydrogens (tertiary/aromatic N) is 1. The molecule has 0 aliphatic carbocycles. The molecule has 7 heteroatoms. The summed E-state index contributed by atoms with van der Waals surface area (Å²) in [4.78, 5) is 14.3. The topological polar surface area (TPSA) is 48.0 Å². The fraction of sp³-hybridized carbons (Fsp3) is 0.650. The van der Waals surface area contributed by atoms with Crippen LogP contribution in [0.3, 0.4) is 0 Å². The van der Waals surface area contributed by atoms with E-state index in [0.717, 1.165) is 5.46 Å². The van der Waals surface area contributed by atoms with Crippen LogP contribution < -0.4 is 5.46 Å². The molecule has 2 fully saturated rings. The normalized spacial score (nSPS) is 20.4. The van der Waals surface area contributed by atoms with Gasteiger partial charge in [-0.3, -0.25) is 9.50 Å². The lowest BCUT2D eigenvalue weighted by molar-refractivity contribution is 0.00578. The minimum Gasteiger partial charge on any atom is -0.399 e. The Kier molecular flexibility index (Phi) is 8.45. The molecule has 0 atom stereocenters. The molecule has 152 valence electrons. The van der Waals surface area contributed by atoms with Gasteiger partial charge >= 0.3 is 7.12 Å². The zero-order valence-electron chi connectivity index (χ0n) is 17.4. The summed E-state index contributed by atoms with van der Waals surface area (Å²) in [7, 11) is -0.396. The first-order valence-electron chi connectivity index (χ1n) is 9.54. The van der Waals surface area contributed by atoms with E-state index in [-0.39, 0.29) is 21.8 Å². The van der Waals surface area contributed by atoms with Crippen molar-refractivity contribution in [3.8, 4) is 0 Å². The maximum Gasteiger partial charge on any atom is 0.494 e. The van der Waals surface area contributed by atoms with Crippen LogP contribution in [-0.4, -0.2) is 55.4 Å². The van der Waals surface area contributed by atoms with E-state index in [2.05, 4.69) is 13.8 Å². The Bertz CT molecular complexity index is 585. The van der Waals surface area contributed by atoms with Crippen LogP contribution in [0.1, 0.15) is 58.3 Å². The van der Waals surface area contributed by atoms with Crippen LogP contribution in [0.15, 0.2) is 24.3 Å². The molecule has 27 heavy (non-hydrogen) atoms. The smallest absolute Gasteiger partial charge is 0.399 e. The fourth-order valence-electron chi connectivity index (χ4n) is 2.71. The summed E-state index contributed by atoms with van der Waals surface area (Å²) in [6.07, 6.45) is 1.25. The molecule has 0 bridgehead atoms. The van der Waals surface area contributed by atoms with Gasteiger partial charge in [0.2, 0.25) is 0 Å². The van der Waals surface area contributed by atoms with Crippen molar-refractivity contribution in [1.82, 2.24) is 4.90 Å². The predicted octanol–water partition coefficient (Wildman–Crippen LogP) is 3.03. The third-order valence-corrected chi connectivity index (χ3v) is 4.98. The Balaban J connectivity index is 0.000000855. The zero-order chi connectivity index (χ0) is 19.4. The zero-order valence-corrected chi connectivity index (χ0v) is 17.4. The van der Waals surface area contributed by atoms with Crippen molar-refractivity contribution >= 4 is 18.5 Å². The molecule has 2 aliphatic rings. The second-order valence-corrected chi connectivity index (χ2v) is 7.82. The fourth-order valence-corrected chi connectivity index (χ4v) is 2.71. The Morgan fingerprint density at radius 3 is 1.89 bits per heavy atom. The number of benzene rings is 1. The van der Waals surface area contributed by atoms with Crippen molar-refractivity contribution in [2.45, 2.75) is 59.2 Å². The molecule has 0 saturated carbocycles. The molecule has 0 unspecified atom stereocenters. The number of morpholine rings is 1. The van der Waals surface area contributed by atoms with Gasteiger partial charge in [0, 0.05) is 18.7 Å². The van der Waals surface area contributed by atoms with Gasteiger partial charge in [-0.25, -0.2) is 0 Å². The van der Waals surface area contributed by atoms with Crippen LogP contribution in [0, 0.1) is 0 Å². The van der Waals surface area contributed by atoms with Crippen molar-refractivity contribution in [2.75, 3.05) is 26.3 Å². The molecule has 2 heterocycles. The number of ether oxygens (including phenoxy) is 1. The minimum absolute atomic E-state index is 0. The lowest BCUT2D eigenvalue weighted by Gasteiger charge is -2.32. The molecular weight excluding hydrogens is 348 g/mol. The summed E-state index contributed by atoms with van der Waals surface area (Å²) < 4.78 is 17.3. The average Bonchev–Trinajstić information content (AvgIpc) is 2.84. The maximum absolute atomic E-state index is 12.4. The predicted molar refractivity (Wildman–Crippen MR) is 107 cm³/mol. The highest BCUT2D eigenvalue weighted by Crippen LogP contribution is 2.36. The van der Waals surface area contributed by atoms with E-state index < -0.39 is 7.12 Å². The van der Waals surface area contributed by atoms with Crippen molar-refractivity contribution in [2.24, 2.45) is 0 Å². The van der Waals surface area contributed by atoms with E-state index in [0.29, 0.717) is 31.9 Å². The number of carbonyl (C=O) groups is 1. The van der Waals surface area contributed by atoms with Gasteiger partial charge < -0.3 is 18.9 Å². The van der Waals surface area contributed by atoms with E-state index in [1.165, 1.54) is 6.42 Å². The lowest BCUT2D eigenvalue weighted by atomic mass is 9.79. The maximum atomic E-state index is 12.4. The van der Waals surface area contributed by atoms with E-state index >= 15 is 0 Å². The minimum atomic E-state index is -0.396. The van der Waals surface area contributed by atoms with Gasteiger partial charge in [0.15, 0.2) is 0 Å². The Morgan fingerprint density at radius 1 is 1.00 bits per heavy atom. The molecule has 0 aromatic heterocycles. The molecule has 1 aromatic carbocycles. The van der Waals surface area contributed by atoms with Crippen molar-refractivity contribution in [3.63, 3.8) is 0 Å². The van der Waals surface area contributed by atoms with Crippen LogP contribution in [0.4, 0.5) is 4.70 Å². The summed E-state index contributed by atoms with van der Waals surface area (Å²) in [6.45, 7) is 14.9. The average molecular weight is 381 g/mol. The van der Waals surface area contributed by atoms with Gasteiger partial charge in [0.1, 0.15) is 0 Å². The van der Waals surface area contributed by atoms with Gasteiger partial charge in [0.25, 0.3) is 5.91 Å². The molecular formula is C20H33BFNO4. The molecule has 0 spiro atoms. The first kappa shape index (κ1) is 23.6. The van der Waals surface area contributed by atoms with Gasteiger partial charge in [-0.1, -0.05) is 32.4 Å². The third-order valence-electron chi connectivity index (χ3n) is 4.98. The molecule has 0 N–H and O–H groups in total. The second-order valence-electron chi connectivity index (χ2n) is 7.82. The van der Waals surface area contributed by atoms with Crippen LogP contribution in [0.25, 0.3) is 0 Å². The van der Waals surface area contributed by atoms with E-state index in [4.69, 9.17) is 14.0 Å². The van der Waals surface area contributed by atoms with Crippen LogP contribution in [-0.2, 0) is 14.0 Å². The first-order valence-corrected chi connectivity index (χ1v) is 9.54. The Labute approximate surface area is 162 Å². The Hall–Kier alpha value is -1.44. The van der Waals surface area contributed by atoms with E-state index in [1.807, 2.05) is 56.9 Å². The molecule has 2 saturated heterocycles. The molecule has 1 amide bonds. The first-order chi connectivity index (χ1) is 12.2. The highest BCUT2D eigenvalue weighted by molar-refractivity contribution is 6.62. The highest BCUT2D eigenvalue weighted by Gasteiger charge is 2.51. The van der Waals surface area contributed by atoms with Crippen LogP contribution >= 0.6 is 0 Å². The lowest BCUT2D eigenvalue weighted by Crippen LogP contribution is -2.41. The van der Waals surface area contributed by atoms with Crippen LogP contribution in [0.2, 0.25) is 0 Å². The standard InChI is InChI=1S/C17H24BNO4.C3H8.FH/c1-16(2)17(3,4)23-18(22-16)14-7-5-13(6-8-14)15(20)19-9-11-21-12-10-19;1-3-2;/h5-8H,9-12H2,1-4H3;3H2,1-2H3;1H. The third kappa shape index (κ3) is 5.53. The molecule has 2 aliphatic heterocycles. The van der Waals surface area contributed by atoms with Gasteiger partial charge in [-0.2, -0.15) is 0 Å². The molecule has 3 rings (SSSR count). The van der Waals surface area contributed by atoms with Crippen molar-refractivity contribution in [3.05, 3.63) is 29.8 Å². The van der Waals surface area contributed by atoms with Crippen molar-refractivity contribution in [1.29, 1.82) is 0 Å². The monoisotopic (exact) mass is 381 g/mol. The van der Waals surface area contributed by atoms with E-state index in [9.17, 15) is 4.79 Å². The number of hydrogen-bond donors (Lipinski definition) is 0. The molecule has 1 aromatic rings. The van der Waals surface area contributed by atoms with E-state index in [1.54, 1.807) is 0 Å². The largest absolute Gasteiger partial charge is 0.494 e. The summed E-state index contributed by atoms with van der Waals surface area (Å²) in [5, 5.41) is 0. The highest BCUT2D eigenvalue weighted by atomic mass is 19.0. The molecule has 0 radical (unpaired) electrons. The van der Waals surface area contributed by atoms with Crippen LogP contribution in [0.5, 0.6) is 0 Å². The van der Waals surface area contributed by atoms with Gasteiger partial charge in [-0.15, -0.1) is 0 Å². The van der Waals surface area contributed by atoms with Crippen molar-refractivity contribution < 1.29 is 23.5 Å². The number of carbonyl (C=O) groups excluding carboxylic acids is 1. The van der Waals surface area contributed by atoms with Gasteiger partial charge in [0.05, 0.1) is 24.4 Å². The SMILES string of the molecule is CC1(C)OB(c2ccc(C(=O)N3CCOCC3)cc2)OC1(C)C.CCC.F. The Morgan fingerprint density at radius 2 is 1.44 bits per heavy atom. The van der Waals surface area contributed by atoms with Gasteiger partial charge in [-0.05, 0) is 45.3 Å². The molecule has 5 nitrogen and oxygen atoms in total. The second kappa shape index (κ2) is 9.67. The number of rotatable bonds is 2. The summed E-state index contributed by atoms with van der Waals surface area (Å²) in [5.41, 5.74) is 0.897. The number of amides is 1.